The summed E-state index contributed by atoms with van der Waals surface area (Å²) < 4.78 is 4.89. The number of rotatable bonds is 5. The third-order valence-corrected chi connectivity index (χ3v) is 6.08. The van der Waals surface area contributed by atoms with E-state index in [2.05, 4.69) is 18.8 Å². The zero-order chi connectivity index (χ0) is 16.7. The number of hydrogen-bond acceptors (Lipinski definition) is 4. The normalized spacial score (nSPS) is 40.5. The Morgan fingerprint density at radius 2 is 1.83 bits per heavy atom. The second-order valence-corrected chi connectivity index (χ2v) is 7.63. The molecule has 0 aromatic rings. The smallest absolute Gasteiger partial charge is 0.333 e. The van der Waals surface area contributed by atoms with E-state index in [4.69, 9.17) is 4.74 Å². The molecule has 3 aliphatic carbocycles. The van der Waals surface area contributed by atoms with Gasteiger partial charge in [0.25, 0.3) is 5.91 Å². The van der Waals surface area contributed by atoms with Crippen molar-refractivity contribution in [1.29, 1.82) is 0 Å². The van der Waals surface area contributed by atoms with E-state index < -0.39 is 5.97 Å². The van der Waals surface area contributed by atoms with Crippen LogP contribution in [0, 0.1) is 35.5 Å². The summed E-state index contributed by atoms with van der Waals surface area (Å²) in [6, 6.07) is -0.0971. The van der Waals surface area contributed by atoms with E-state index in [1.54, 1.807) is 6.92 Å². The number of hydrogen-bond donors (Lipinski definition) is 1. The molecular weight excluding hydrogens is 294 g/mol. The summed E-state index contributed by atoms with van der Waals surface area (Å²) in [6.45, 7) is 6.99. The van der Waals surface area contributed by atoms with Crippen LogP contribution < -0.4 is 5.32 Å². The third-order valence-electron chi connectivity index (χ3n) is 6.08. The lowest BCUT2D eigenvalue weighted by atomic mass is 9.73. The molecule has 5 nitrogen and oxygen atoms in total. The van der Waals surface area contributed by atoms with Gasteiger partial charge in [0.15, 0.2) is 6.61 Å². The molecule has 0 aliphatic heterocycles. The SMILES string of the molecule is C=C(C)C(=O)OCC(=O)NC1C(C=O)C2CC1C1CC(C)CC21. The van der Waals surface area contributed by atoms with Crippen LogP contribution in [0.25, 0.3) is 0 Å². The van der Waals surface area contributed by atoms with Crippen LogP contribution in [0.2, 0.25) is 0 Å². The molecule has 1 N–H and O–H groups in total. The summed E-state index contributed by atoms with van der Waals surface area (Å²) in [5.41, 5.74) is 0.270. The van der Waals surface area contributed by atoms with Crippen molar-refractivity contribution in [2.45, 2.75) is 39.2 Å². The first-order valence-corrected chi connectivity index (χ1v) is 8.49. The van der Waals surface area contributed by atoms with Crippen molar-refractivity contribution >= 4 is 18.2 Å². The molecule has 3 aliphatic rings. The van der Waals surface area contributed by atoms with Crippen LogP contribution in [-0.2, 0) is 19.1 Å². The Morgan fingerprint density at radius 1 is 1.17 bits per heavy atom. The Balaban J connectivity index is 1.61. The van der Waals surface area contributed by atoms with E-state index in [0.717, 1.165) is 12.7 Å². The number of esters is 1. The molecule has 3 saturated carbocycles. The van der Waals surface area contributed by atoms with Gasteiger partial charge in [-0.25, -0.2) is 4.79 Å². The average Bonchev–Trinajstić information content (AvgIpc) is 3.13. The van der Waals surface area contributed by atoms with Gasteiger partial charge >= 0.3 is 5.97 Å². The Bertz CT molecular complexity index is 543. The molecule has 0 aromatic carbocycles. The lowest BCUT2D eigenvalue weighted by molar-refractivity contribution is -0.145. The maximum Gasteiger partial charge on any atom is 0.333 e. The summed E-state index contributed by atoms with van der Waals surface area (Å²) >= 11 is 0. The molecule has 3 rings (SSSR count). The largest absolute Gasteiger partial charge is 0.452 e. The topological polar surface area (TPSA) is 72.5 Å². The van der Waals surface area contributed by atoms with Gasteiger partial charge in [0.2, 0.25) is 0 Å². The van der Waals surface area contributed by atoms with Crippen molar-refractivity contribution in [3.05, 3.63) is 12.2 Å². The highest BCUT2D eigenvalue weighted by molar-refractivity contribution is 5.89. The first-order chi connectivity index (χ1) is 10.9. The standard InChI is InChI=1S/C18H25NO4/c1-9(2)18(22)23-8-16(21)19-17-14-6-13(15(17)7-20)11-4-10(3)5-12(11)14/h7,10-15,17H,1,4-6,8H2,2-3H3,(H,19,21). The second-order valence-electron chi connectivity index (χ2n) is 7.63. The predicted octanol–water partition coefficient (Wildman–Crippen LogP) is 1.72. The van der Waals surface area contributed by atoms with Crippen molar-refractivity contribution in [1.82, 2.24) is 5.32 Å². The van der Waals surface area contributed by atoms with Crippen molar-refractivity contribution in [2.75, 3.05) is 6.61 Å². The van der Waals surface area contributed by atoms with Crippen LogP contribution >= 0.6 is 0 Å². The van der Waals surface area contributed by atoms with E-state index in [1.807, 2.05) is 0 Å². The molecule has 1 amide bonds. The lowest BCUT2D eigenvalue weighted by Gasteiger charge is -2.36. The number of carbonyl (C=O) groups is 3. The summed E-state index contributed by atoms with van der Waals surface area (Å²) in [6.07, 6.45) is 4.48. The number of nitrogens with one attached hydrogen (secondary N) is 1. The van der Waals surface area contributed by atoms with Crippen molar-refractivity contribution in [3.8, 4) is 0 Å². The highest BCUT2D eigenvalue weighted by Gasteiger charge is 2.60. The van der Waals surface area contributed by atoms with E-state index >= 15 is 0 Å². The minimum atomic E-state index is -0.565. The van der Waals surface area contributed by atoms with Crippen LogP contribution in [-0.4, -0.2) is 30.8 Å². The highest BCUT2D eigenvalue weighted by atomic mass is 16.5. The fourth-order valence-corrected chi connectivity index (χ4v) is 5.30. The Kier molecular flexibility index (Phi) is 4.30. The maximum absolute atomic E-state index is 12.1. The fraction of sp³-hybridized carbons (Fsp3) is 0.722. The van der Waals surface area contributed by atoms with Gasteiger partial charge in [0.1, 0.15) is 6.29 Å². The maximum atomic E-state index is 12.1. The Morgan fingerprint density at radius 3 is 2.43 bits per heavy atom. The Labute approximate surface area is 136 Å². The van der Waals surface area contributed by atoms with E-state index in [9.17, 15) is 14.4 Å². The molecule has 0 saturated heterocycles. The van der Waals surface area contributed by atoms with E-state index in [0.29, 0.717) is 29.6 Å². The first kappa shape index (κ1) is 16.2. The van der Waals surface area contributed by atoms with E-state index in [-0.39, 0.29) is 30.0 Å². The molecule has 126 valence electrons. The van der Waals surface area contributed by atoms with Gasteiger partial charge < -0.3 is 14.8 Å². The third kappa shape index (κ3) is 2.81. The summed E-state index contributed by atoms with van der Waals surface area (Å²) in [5.74, 6) is 1.83. The second kappa shape index (κ2) is 6.10. The molecule has 5 heteroatoms. The molecule has 7 unspecified atom stereocenters. The van der Waals surface area contributed by atoms with Crippen LogP contribution in [0.5, 0.6) is 0 Å². The van der Waals surface area contributed by atoms with Crippen LogP contribution in [0.3, 0.4) is 0 Å². The number of fused-ring (bicyclic) bond motifs is 5. The summed E-state index contributed by atoms with van der Waals surface area (Å²) in [7, 11) is 0. The molecule has 2 bridgehead atoms. The number of amides is 1. The average molecular weight is 319 g/mol. The van der Waals surface area contributed by atoms with Crippen LogP contribution in [0.15, 0.2) is 12.2 Å². The first-order valence-electron chi connectivity index (χ1n) is 8.49. The van der Waals surface area contributed by atoms with Gasteiger partial charge in [-0.05, 0) is 55.8 Å². The number of ether oxygens (including phenoxy) is 1. The molecule has 7 atom stereocenters. The summed E-state index contributed by atoms with van der Waals surface area (Å²) in [4.78, 5) is 35.0. The number of aldehydes is 1. The van der Waals surface area contributed by atoms with Gasteiger partial charge in [-0.2, -0.15) is 0 Å². The predicted molar refractivity (Wildman–Crippen MR) is 84.2 cm³/mol. The summed E-state index contributed by atoms with van der Waals surface area (Å²) in [5, 5.41) is 2.96. The molecule has 0 spiro atoms. The molecule has 0 heterocycles. The minimum absolute atomic E-state index is 0.0904. The minimum Gasteiger partial charge on any atom is -0.452 e. The molecule has 0 aromatic heterocycles. The van der Waals surface area contributed by atoms with Crippen molar-refractivity contribution in [3.63, 3.8) is 0 Å². The van der Waals surface area contributed by atoms with Gasteiger partial charge in [0, 0.05) is 17.5 Å². The quantitative estimate of drug-likeness (QED) is 0.476. The zero-order valence-electron chi connectivity index (χ0n) is 13.8. The van der Waals surface area contributed by atoms with Gasteiger partial charge in [-0.3, -0.25) is 4.79 Å². The van der Waals surface area contributed by atoms with Gasteiger partial charge in [0.05, 0.1) is 0 Å². The number of carbonyl (C=O) groups excluding carboxylic acids is 3. The lowest BCUT2D eigenvalue weighted by Crippen LogP contribution is -2.49. The zero-order valence-corrected chi connectivity index (χ0v) is 13.8. The molecule has 0 radical (unpaired) electrons. The van der Waals surface area contributed by atoms with Crippen LogP contribution in [0.4, 0.5) is 0 Å². The van der Waals surface area contributed by atoms with Gasteiger partial charge in [-0.1, -0.05) is 13.5 Å². The van der Waals surface area contributed by atoms with Gasteiger partial charge in [-0.15, -0.1) is 0 Å². The molecular formula is C18H25NO4. The Hall–Kier alpha value is -1.65. The van der Waals surface area contributed by atoms with Crippen molar-refractivity contribution in [2.24, 2.45) is 35.5 Å². The fourth-order valence-electron chi connectivity index (χ4n) is 5.30. The molecule has 23 heavy (non-hydrogen) atoms. The van der Waals surface area contributed by atoms with E-state index in [1.165, 1.54) is 12.8 Å². The monoisotopic (exact) mass is 319 g/mol. The van der Waals surface area contributed by atoms with Crippen LogP contribution in [0.1, 0.15) is 33.1 Å². The highest BCUT2D eigenvalue weighted by Crippen LogP contribution is 2.61. The molecule has 3 fully saturated rings. The van der Waals surface area contributed by atoms with Crippen molar-refractivity contribution < 1.29 is 19.1 Å².